The normalized spacial score (nSPS) is 24.9. The summed E-state index contributed by atoms with van der Waals surface area (Å²) in [6, 6.07) is -0.296. The van der Waals surface area contributed by atoms with Crippen LogP contribution in [0.5, 0.6) is 0 Å². The lowest BCUT2D eigenvalue weighted by atomic mass is 10.0. The Morgan fingerprint density at radius 2 is 2.25 bits per heavy atom. The van der Waals surface area contributed by atoms with Crippen LogP contribution in [-0.2, 0) is 14.8 Å². The van der Waals surface area contributed by atoms with Gasteiger partial charge in [-0.1, -0.05) is 11.3 Å². The standard InChI is InChI=1S/C11H19N3O4S2/c1-7-10(19-11(15)13-7)20(16,17)14-4-3-9(18-2)5-8(14)6-12/h8-9H,3-6,12H2,1-2H3,(H,13,15). The van der Waals surface area contributed by atoms with Crippen molar-refractivity contribution in [3.8, 4) is 0 Å². The van der Waals surface area contributed by atoms with Crippen molar-refractivity contribution >= 4 is 21.4 Å². The van der Waals surface area contributed by atoms with E-state index in [1.54, 1.807) is 14.0 Å². The van der Waals surface area contributed by atoms with Gasteiger partial charge in [-0.3, -0.25) is 4.79 Å². The first-order valence-corrected chi connectivity index (χ1v) is 8.60. The van der Waals surface area contributed by atoms with E-state index in [-0.39, 0.29) is 27.8 Å². The van der Waals surface area contributed by atoms with Gasteiger partial charge in [0, 0.05) is 31.9 Å². The maximum Gasteiger partial charge on any atom is 0.305 e. The van der Waals surface area contributed by atoms with Crippen LogP contribution in [-0.4, -0.2) is 50.1 Å². The smallest absolute Gasteiger partial charge is 0.305 e. The summed E-state index contributed by atoms with van der Waals surface area (Å²) >= 11 is 0.721. The SMILES string of the molecule is COC1CCN(S(=O)(=O)c2sc(=O)[nH]c2C)C(CN)C1. The molecule has 2 atom stereocenters. The second-order valence-corrected chi connectivity index (χ2v) is 7.88. The number of aromatic amines is 1. The molecule has 1 aromatic rings. The highest BCUT2D eigenvalue weighted by atomic mass is 32.2. The number of aryl methyl sites for hydroxylation is 1. The fourth-order valence-corrected chi connectivity index (χ4v) is 5.55. The zero-order valence-corrected chi connectivity index (χ0v) is 13.1. The Bertz CT molecular complexity index is 622. The molecule has 0 aromatic carbocycles. The van der Waals surface area contributed by atoms with Crippen LogP contribution in [0.2, 0.25) is 0 Å². The Morgan fingerprint density at radius 1 is 1.55 bits per heavy atom. The van der Waals surface area contributed by atoms with Gasteiger partial charge in [0.1, 0.15) is 0 Å². The molecule has 0 aliphatic carbocycles. The molecule has 2 heterocycles. The van der Waals surface area contributed by atoms with E-state index in [1.165, 1.54) is 4.31 Å². The molecule has 0 bridgehead atoms. The van der Waals surface area contributed by atoms with Crippen molar-refractivity contribution < 1.29 is 13.2 Å². The zero-order chi connectivity index (χ0) is 14.9. The van der Waals surface area contributed by atoms with Crippen molar-refractivity contribution in [3.05, 3.63) is 15.4 Å². The number of methoxy groups -OCH3 is 1. The first-order chi connectivity index (χ1) is 9.40. The lowest BCUT2D eigenvalue weighted by molar-refractivity contribution is 0.0402. The largest absolute Gasteiger partial charge is 0.381 e. The number of nitrogens with two attached hydrogens (primary N) is 1. The van der Waals surface area contributed by atoms with Crippen molar-refractivity contribution in [2.75, 3.05) is 20.2 Å². The third-order valence-corrected chi connectivity index (χ3v) is 7.08. The van der Waals surface area contributed by atoms with Gasteiger partial charge in [0.15, 0.2) is 4.21 Å². The van der Waals surface area contributed by atoms with Gasteiger partial charge < -0.3 is 15.5 Å². The molecule has 0 radical (unpaired) electrons. The van der Waals surface area contributed by atoms with E-state index in [0.29, 0.717) is 25.1 Å². The third-order valence-electron chi connectivity index (χ3n) is 3.54. The summed E-state index contributed by atoms with van der Waals surface area (Å²) in [5.74, 6) is 0. The molecule has 0 saturated carbocycles. The summed E-state index contributed by atoms with van der Waals surface area (Å²) in [6.07, 6.45) is 1.23. The predicted molar refractivity (Wildman–Crippen MR) is 76.4 cm³/mol. The van der Waals surface area contributed by atoms with E-state index in [4.69, 9.17) is 10.5 Å². The average Bonchev–Trinajstić information content (AvgIpc) is 2.77. The molecule has 2 unspecified atom stereocenters. The Hall–Kier alpha value is -0.740. The number of nitrogens with one attached hydrogen (secondary N) is 1. The molecule has 9 heteroatoms. The van der Waals surface area contributed by atoms with E-state index < -0.39 is 10.0 Å². The first kappa shape index (κ1) is 15.6. The van der Waals surface area contributed by atoms with Crippen LogP contribution in [0, 0.1) is 6.92 Å². The van der Waals surface area contributed by atoms with Crippen LogP contribution in [0.15, 0.2) is 9.00 Å². The van der Waals surface area contributed by atoms with Crippen LogP contribution >= 0.6 is 11.3 Å². The number of rotatable bonds is 4. The van der Waals surface area contributed by atoms with Crippen molar-refractivity contribution in [3.63, 3.8) is 0 Å². The van der Waals surface area contributed by atoms with Gasteiger partial charge in [-0.15, -0.1) is 0 Å². The summed E-state index contributed by atoms with van der Waals surface area (Å²) in [6.45, 7) is 2.18. The van der Waals surface area contributed by atoms with Crippen molar-refractivity contribution in [1.29, 1.82) is 0 Å². The van der Waals surface area contributed by atoms with E-state index >= 15 is 0 Å². The van der Waals surface area contributed by atoms with Crippen LogP contribution < -0.4 is 10.6 Å². The molecular formula is C11H19N3O4S2. The van der Waals surface area contributed by atoms with Gasteiger partial charge in [-0.2, -0.15) is 4.31 Å². The molecule has 3 N–H and O–H groups in total. The maximum absolute atomic E-state index is 12.7. The summed E-state index contributed by atoms with van der Waals surface area (Å²) in [5, 5.41) is 0. The second kappa shape index (κ2) is 5.94. The highest BCUT2D eigenvalue weighted by Crippen LogP contribution is 2.28. The van der Waals surface area contributed by atoms with Gasteiger partial charge in [0.2, 0.25) is 0 Å². The van der Waals surface area contributed by atoms with Crippen molar-refractivity contribution in [2.45, 2.75) is 36.1 Å². The number of ether oxygens (including phenoxy) is 1. The molecule has 0 spiro atoms. The number of thiazole rings is 1. The van der Waals surface area contributed by atoms with Crippen LogP contribution in [0.25, 0.3) is 0 Å². The summed E-state index contributed by atoms with van der Waals surface area (Å²) in [5.41, 5.74) is 6.08. The molecule has 0 amide bonds. The van der Waals surface area contributed by atoms with Crippen LogP contribution in [0.3, 0.4) is 0 Å². The predicted octanol–water partition coefficient (Wildman–Crippen LogP) is -0.128. The molecule has 2 rings (SSSR count). The molecule has 7 nitrogen and oxygen atoms in total. The highest BCUT2D eigenvalue weighted by Gasteiger charge is 2.38. The second-order valence-electron chi connectivity index (χ2n) is 4.81. The summed E-state index contributed by atoms with van der Waals surface area (Å²) < 4.78 is 32.1. The minimum Gasteiger partial charge on any atom is -0.381 e. The van der Waals surface area contributed by atoms with Crippen LogP contribution in [0.1, 0.15) is 18.5 Å². The Kier molecular flexibility index (Phi) is 4.65. The molecule has 1 aliphatic heterocycles. The lowest BCUT2D eigenvalue weighted by Gasteiger charge is -2.37. The fourth-order valence-electron chi connectivity index (χ4n) is 2.48. The number of nitrogens with zero attached hydrogens (tertiary/aromatic N) is 1. The van der Waals surface area contributed by atoms with Gasteiger partial charge >= 0.3 is 4.87 Å². The summed E-state index contributed by atoms with van der Waals surface area (Å²) in [4.78, 5) is 13.5. The number of aromatic nitrogens is 1. The van der Waals surface area contributed by atoms with Crippen LogP contribution in [0.4, 0.5) is 0 Å². The maximum atomic E-state index is 12.7. The van der Waals surface area contributed by atoms with Gasteiger partial charge in [0.05, 0.1) is 6.10 Å². The van der Waals surface area contributed by atoms with E-state index in [1.807, 2.05) is 0 Å². The molecule has 1 aliphatic rings. The third kappa shape index (κ3) is 2.82. The zero-order valence-electron chi connectivity index (χ0n) is 11.5. The van der Waals surface area contributed by atoms with Gasteiger partial charge in [0.25, 0.3) is 10.0 Å². The van der Waals surface area contributed by atoms with Crippen molar-refractivity contribution in [2.24, 2.45) is 5.73 Å². The van der Waals surface area contributed by atoms with E-state index in [9.17, 15) is 13.2 Å². The minimum absolute atomic E-state index is 0.0288. The van der Waals surface area contributed by atoms with E-state index in [2.05, 4.69) is 4.98 Å². The molecule has 1 saturated heterocycles. The Labute approximate surface area is 121 Å². The minimum atomic E-state index is -3.68. The topological polar surface area (TPSA) is 105 Å². The average molecular weight is 321 g/mol. The quantitative estimate of drug-likeness (QED) is 0.804. The molecule has 114 valence electrons. The first-order valence-electron chi connectivity index (χ1n) is 6.34. The number of H-pyrrole nitrogens is 1. The number of hydrogen-bond acceptors (Lipinski definition) is 6. The number of piperidine rings is 1. The molecule has 1 fully saturated rings. The van der Waals surface area contributed by atoms with Gasteiger partial charge in [-0.25, -0.2) is 8.42 Å². The molecule has 1 aromatic heterocycles. The highest BCUT2D eigenvalue weighted by molar-refractivity contribution is 7.91. The summed E-state index contributed by atoms with van der Waals surface area (Å²) in [7, 11) is -2.06. The fraction of sp³-hybridized carbons (Fsp3) is 0.727. The monoisotopic (exact) mass is 321 g/mol. The Balaban J connectivity index is 2.34. The molecular weight excluding hydrogens is 302 g/mol. The van der Waals surface area contributed by atoms with Crippen molar-refractivity contribution in [1.82, 2.24) is 9.29 Å². The Morgan fingerprint density at radius 3 is 2.75 bits per heavy atom. The number of hydrogen-bond donors (Lipinski definition) is 2. The van der Waals surface area contributed by atoms with Gasteiger partial charge in [-0.05, 0) is 19.8 Å². The molecule has 20 heavy (non-hydrogen) atoms. The van der Waals surface area contributed by atoms with E-state index in [0.717, 1.165) is 11.3 Å². The lowest BCUT2D eigenvalue weighted by Crippen LogP contribution is -2.51. The number of sulfonamides is 1.